The van der Waals surface area contributed by atoms with Crippen molar-refractivity contribution in [1.82, 2.24) is 20.1 Å². The highest BCUT2D eigenvalue weighted by Crippen LogP contribution is 2.21. The third-order valence-electron chi connectivity index (χ3n) is 1.76. The molecular weight excluding hydrogens is 262 g/mol. The number of hydrogen-bond donors (Lipinski definition) is 1. The first-order valence-electron chi connectivity index (χ1n) is 4.31. The van der Waals surface area contributed by atoms with Gasteiger partial charge in [0.25, 0.3) is 5.89 Å². The quantitative estimate of drug-likeness (QED) is 0.887. The smallest absolute Gasteiger partial charge is 0.280 e. The van der Waals surface area contributed by atoms with E-state index in [-0.39, 0.29) is 11.7 Å². The van der Waals surface area contributed by atoms with Crippen molar-refractivity contribution < 1.29 is 4.52 Å². The molecule has 0 aliphatic rings. The standard InChI is InChI=1S/C8H8BrN5O/c1-2-5-13-8(15-14-5)6-7(10)11-3-4(9)12-6/h3H,2H2,1H3,(H2,10,11). The van der Waals surface area contributed by atoms with Crippen LogP contribution in [0.4, 0.5) is 5.82 Å². The summed E-state index contributed by atoms with van der Waals surface area (Å²) in [6, 6.07) is 0. The third-order valence-corrected chi connectivity index (χ3v) is 2.14. The average Bonchev–Trinajstić information content (AvgIpc) is 2.70. The van der Waals surface area contributed by atoms with Crippen molar-refractivity contribution in [1.29, 1.82) is 0 Å². The van der Waals surface area contributed by atoms with Crippen LogP contribution in [-0.4, -0.2) is 20.1 Å². The molecule has 7 heteroatoms. The van der Waals surface area contributed by atoms with Gasteiger partial charge >= 0.3 is 0 Å². The molecule has 6 nitrogen and oxygen atoms in total. The number of hydrogen-bond acceptors (Lipinski definition) is 6. The molecule has 0 spiro atoms. The lowest BCUT2D eigenvalue weighted by Gasteiger charge is -1.97. The number of anilines is 1. The van der Waals surface area contributed by atoms with Crippen LogP contribution >= 0.6 is 15.9 Å². The van der Waals surface area contributed by atoms with E-state index in [2.05, 4.69) is 36.0 Å². The molecule has 2 heterocycles. The summed E-state index contributed by atoms with van der Waals surface area (Å²) < 4.78 is 5.59. The summed E-state index contributed by atoms with van der Waals surface area (Å²) >= 11 is 3.20. The van der Waals surface area contributed by atoms with E-state index >= 15 is 0 Å². The van der Waals surface area contributed by atoms with Gasteiger partial charge < -0.3 is 10.3 Å². The van der Waals surface area contributed by atoms with Crippen molar-refractivity contribution in [2.45, 2.75) is 13.3 Å². The Morgan fingerprint density at radius 2 is 2.27 bits per heavy atom. The zero-order chi connectivity index (χ0) is 10.8. The van der Waals surface area contributed by atoms with Gasteiger partial charge in [0.1, 0.15) is 4.60 Å². The molecule has 0 aliphatic carbocycles. The highest BCUT2D eigenvalue weighted by atomic mass is 79.9. The van der Waals surface area contributed by atoms with Crippen LogP contribution < -0.4 is 5.73 Å². The van der Waals surface area contributed by atoms with Crippen LogP contribution in [0, 0.1) is 0 Å². The van der Waals surface area contributed by atoms with Gasteiger partial charge in [-0.3, -0.25) is 0 Å². The third kappa shape index (κ3) is 1.96. The maximum absolute atomic E-state index is 5.65. The van der Waals surface area contributed by atoms with Crippen LogP contribution in [0.3, 0.4) is 0 Å². The molecule has 78 valence electrons. The van der Waals surface area contributed by atoms with Crippen molar-refractivity contribution in [3.8, 4) is 11.6 Å². The Bertz CT molecular complexity index is 484. The fourth-order valence-electron chi connectivity index (χ4n) is 1.03. The minimum Gasteiger partial charge on any atom is -0.382 e. The van der Waals surface area contributed by atoms with E-state index in [1.165, 1.54) is 6.20 Å². The zero-order valence-corrected chi connectivity index (χ0v) is 9.52. The van der Waals surface area contributed by atoms with Crippen LogP contribution in [-0.2, 0) is 6.42 Å². The van der Waals surface area contributed by atoms with Gasteiger partial charge in [0.2, 0.25) is 0 Å². The molecule has 0 amide bonds. The van der Waals surface area contributed by atoms with Crippen LogP contribution in [0.25, 0.3) is 11.6 Å². The number of aryl methyl sites for hydroxylation is 1. The second kappa shape index (κ2) is 3.93. The monoisotopic (exact) mass is 269 g/mol. The maximum Gasteiger partial charge on any atom is 0.280 e. The number of nitrogen functional groups attached to an aromatic ring is 1. The first-order valence-corrected chi connectivity index (χ1v) is 5.11. The zero-order valence-electron chi connectivity index (χ0n) is 7.94. The topological polar surface area (TPSA) is 90.7 Å². The van der Waals surface area contributed by atoms with Gasteiger partial charge in [-0.15, -0.1) is 0 Å². The molecule has 2 aromatic rings. The summed E-state index contributed by atoms with van der Waals surface area (Å²) in [6.45, 7) is 1.94. The summed E-state index contributed by atoms with van der Waals surface area (Å²) in [5, 5.41) is 3.76. The molecule has 0 unspecified atom stereocenters. The SMILES string of the molecule is CCc1noc(-c2nc(Br)cnc2N)n1. The fourth-order valence-corrected chi connectivity index (χ4v) is 1.31. The van der Waals surface area contributed by atoms with E-state index in [4.69, 9.17) is 10.3 Å². The summed E-state index contributed by atoms with van der Waals surface area (Å²) in [5.74, 6) is 1.17. The minimum atomic E-state index is 0.268. The number of halogens is 1. The van der Waals surface area contributed by atoms with Gasteiger partial charge in [0.15, 0.2) is 17.3 Å². The van der Waals surface area contributed by atoms with Gasteiger partial charge in [0.05, 0.1) is 6.20 Å². The average molecular weight is 270 g/mol. The summed E-state index contributed by atoms with van der Waals surface area (Å²) in [4.78, 5) is 12.2. The molecule has 2 aromatic heterocycles. The van der Waals surface area contributed by atoms with Gasteiger partial charge in [-0.2, -0.15) is 4.98 Å². The van der Waals surface area contributed by atoms with Crippen molar-refractivity contribution in [3.63, 3.8) is 0 Å². The summed E-state index contributed by atoms with van der Waals surface area (Å²) in [5.41, 5.74) is 6.05. The molecule has 0 aliphatic heterocycles. The Morgan fingerprint density at radius 3 is 2.93 bits per heavy atom. The minimum absolute atomic E-state index is 0.268. The molecule has 0 saturated carbocycles. The predicted octanol–water partition coefficient (Wildman–Crippen LogP) is 1.43. The lowest BCUT2D eigenvalue weighted by molar-refractivity contribution is 0.422. The molecule has 0 radical (unpaired) electrons. The van der Waals surface area contributed by atoms with Crippen LogP contribution in [0.2, 0.25) is 0 Å². The molecule has 2 rings (SSSR count). The number of rotatable bonds is 2. The largest absolute Gasteiger partial charge is 0.382 e. The Labute approximate surface area is 94.1 Å². The van der Waals surface area contributed by atoms with Crippen LogP contribution in [0.5, 0.6) is 0 Å². The molecule has 0 saturated heterocycles. The Kier molecular flexibility index (Phi) is 2.63. The fraction of sp³-hybridized carbons (Fsp3) is 0.250. The van der Waals surface area contributed by atoms with Crippen molar-refractivity contribution in [3.05, 3.63) is 16.6 Å². The molecule has 0 bridgehead atoms. The maximum atomic E-state index is 5.65. The highest BCUT2D eigenvalue weighted by molar-refractivity contribution is 9.10. The van der Waals surface area contributed by atoms with Gasteiger partial charge in [0, 0.05) is 6.42 Å². The van der Waals surface area contributed by atoms with Crippen molar-refractivity contribution in [2.24, 2.45) is 0 Å². The van der Waals surface area contributed by atoms with Gasteiger partial charge in [-0.25, -0.2) is 9.97 Å². The molecule has 0 aromatic carbocycles. The second-order valence-corrected chi connectivity index (χ2v) is 3.61. The van der Waals surface area contributed by atoms with E-state index in [1.807, 2.05) is 6.92 Å². The second-order valence-electron chi connectivity index (χ2n) is 2.80. The number of nitrogens with zero attached hydrogens (tertiary/aromatic N) is 4. The van der Waals surface area contributed by atoms with Gasteiger partial charge in [-0.1, -0.05) is 12.1 Å². The van der Waals surface area contributed by atoms with Gasteiger partial charge in [-0.05, 0) is 15.9 Å². The molecular formula is C8H8BrN5O. The molecule has 2 N–H and O–H groups in total. The summed E-state index contributed by atoms with van der Waals surface area (Å²) in [6.07, 6.45) is 2.21. The lowest BCUT2D eigenvalue weighted by atomic mass is 10.4. The van der Waals surface area contributed by atoms with E-state index in [9.17, 15) is 0 Å². The Morgan fingerprint density at radius 1 is 1.47 bits per heavy atom. The lowest BCUT2D eigenvalue weighted by Crippen LogP contribution is -1.97. The molecule has 0 fully saturated rings. The normalized spacial score (nSPS) is 10.5. The highest BCUT2D eigenvalue weighted by Gasteiger charge is 2.13. The Balaban J connectivity index is 2.48. The molecule has 0 atom stereocenters. The number of aromatic nitrogens is 4. The van der Waals surface area contributed by atoms with E-state index in [0.717, 1.165) is 0 Å². The summed E-state index contributed by atoms with van der Waals surface area (Å²) in [7, 11) is 0. The van der Waals surface area contributed by atoms with Crippen LogP contribution in [0.15, 0.2) is 15.3 Å². The van der Waals surface area contributed by atoms with E-state index in [0.29, 0.717) is 22.5 Å². The molecule has 15 heavy (non-hydrogen) atoms. The number of nitrogens with two attached hydrogens (primary N) is 1. The first-order chi connectivity index (χ1) is 7.20. The van der Waals surface area contributed by atoms with Crippen LogP contribution in [0.1, 0.15) is 12.7 Å². The predicted molar refractivity (Wildman–Crippen MR) is 56.8 cm³/mol. The first kappa shape index (κ1) is 10.0. The van der Waals surface area contributed by atoms with Crippen molar-refractivity contribution in [2.75, 3.05) is 5.73 Å². The van der Waals surface area contributed by atoms with E-state index < -0.39 is 0 Å². The van der Waals surface area contributed by atoms with E-state index in [1.54, 1.807) is 0 Å². The Hall–Kier alpha value is -1.50. The van der Waals surface area contributed by atoms with Crippen molar-refractivity contribution >= 4 is 21.7 Å².